The molecule has 0 spiro atoms. The third kappa shape index (κ3) is 4.54. The predicted molar refractivity (Wildman–Crippen MR) is 97.8 cm³/mol. The van der Waals surface area contributed by atoms with Gasteiger partial charge in [0.05, 0.1) is 5.75 Å². The Kier molecular flexibility index (Phi) is 5.08. The van der Waals surface area contributed by atoms with Gasteiger partial charge >= 0.3 is 0 Å². The van der Waals surface area contributed by atoms with Crippen molar-refractivity contribution >= 4 is 10.0 Å². The molecular formula is C20H19NO2S. The van der Waals surface area contributed by atoms with Gasteiger partial charge in [0, 0.05) is 6.54 Å². The summed E-state index contributed by atoms with van der Waals surface area (Å²) < 4.78 is 27.0. The van der Waals surface area contributed by atoms with Crippen LogP contribution in [0.25, 0.3) is 11.1 Å². The molecule has 0 aliphatic carbocycles. The molecule has 0 unspecified atom stereocenters. The van der Waals surface area contributed by atoms with Gasteiger partial charge in [-0.2, -0.15) is 0 Å². The fourth-order valence-corrected chi connectivity index (χ4v) is 3.60. The maximum Gasteiger partial charge on any atom is 0.216 e. The second-order valence-corrected chi connectivity index (χ2v) is 7.44. The van der Waals surface area contributed by atoms with Crippen LogP contribution in [0.1, 0.15) is 11.1 Å². The molecule has 24 heavy (non-hydrogen) atoms. The molecule has 0 aliphatic heterocycles. The van der Waals surface area contributed by atoms with Crippen LogP contribution in [0, 0.1) is 0 Å². The van der Waals surface area contributed by atoms with E-state index in [0.717, 1.165) is 22.3 Å². The Bertz CT molecular complexity index is 874. The lowest BCUT2D eigenvalue weighted by molar-refractivity contribution is 0.580. The zero-order chi connectivity index (χ0) is 16.8. The Hall–Kier alpha value is -2.43. The standard InChI is InChI=1S/C20H19NO2S/c22-24(23,16-18-7-3-1-4-8-18)21-15-17-11-13-20(14-12-17)19-9-5-2-6-10-19/h1-14,21H,15-16H2. The summed E-state index contributed by atoms with van der Waals surface area (Å²) in [4.78, 5) is 0. The zero-order valence-corrected chi connectivity index (χ0v) is 14.0. The summed E-state index contributed by atoms with van der Waals surface area (Å²) in [5, 5.41) is 0. The summed E-state index contributed by atoms with van der Waals surface area (Å²) >= 11 is 0. The van der Waals surface area contributed by atoms with Crippen LogP contribution in [0.5, 0.6) is 0 Å². The van der Waals surface area contributed by atoms with Crippen molar-refractivity contribution in [1.82, 2.24) is 4.72 Å². The first-order valence-electron chi connectivity index (χ1n) is 7.78. The molecule has 4 heteroatoms. The highest BCUT2D eigenvalue weighted by molar-refractivity contribution is 7.88. The summed E-state index contributed by atoms with van der Waals surface area (Å²) in [6, 6.07) is 27.2. The van der Waals surface area contributed by atoms with Gasteiger partial charge in [-0.25, -0.2) is 13.1 Å². The van der Waals surface area contributed by atoms with E-state index >= 15 is 0 Å². The van der Waals surface area contributed by atoms with Crippen molar-refractivity contribution in [2.45, 2.75) is 12.3 Å². The van der Waals surface area contributed by atoms with Gasteiger partial charge in [-0.1, -0.05) is 84.9 Å². The Balaban J connectivity index is 1.62. The maximum atomic E-state index is 12.2. The molecular weight excluding hydrogens is 318 g/mol. The van der Waals surface area contributed by atoms with Crippen molar-refractivity contribution in [3.8, 4) is 11.1 Å². The van der Waals surface area contributed by atoms with Crippen molar-refractivity contribution in [1.29, 1.82) is 0 Å². The van der Waals surface area contributed by atoms with Crippen molar-refractivity contribution in [2.75, 3.05) is 0 Å². The highest BCUT2D eigenvalue weighted by atomic mass is 32.2. The molecule has 0 radical (unpaired) electrons. The highest BCUT2D eigenvalue weighted by Gasteiger charge is 2.11. The summed E-state index contributed by atoms with van der Waals surface area (Å²) in [6.07, 6.45) is 0. The van der Waals surface area contributed by atoms with Gasteiger partial charge in [0.25, 0.3) is 0 Å². The van der Waals surface area contributed by atoms with Gasteiger partial charge in [0.1, 0.15) is 0 Å². The van der Waals surface area contributed by atoms with Gasteiger partial charge in [0.15, 0.2) is 0 Å². The fourth-order valence-electron chi connectivity index (χ4n) is 2.48. The van der Waals surface area contributed by atoms with Crippen molar-refractivity contribution in [3.63, 3.8) is 0 Å². The molecule has 3 aromatic carbocycles. The van der Waals surface area contributed by atoms with Crippen LogP contribution in [0.15, 0.2) is 84.9 Å². The highest BCUT2D eigenvalue weighted by Crippen LogP contribution is 2.19. The Labute approximate surface area is 143 Å². The first kappa shape index (κ1) is 16.4. The van der Waals surface area contributed by atoms with Crippen LogP contribution in [0.3, 0.4) is 0 Å². The molecule has 0 heterocycles. The molecule has 0 fully saturated rings. The van der Waals surface area contributed by atoms with Crippen LogP contribution in [-0.4, -0.2) is 8.42 Å². The smallest absolute Gasteiger partial charge is 0.212 e. The lowest BCUT2D eigenvalue weighted by atomic mass is 10.0. The lowest BCUT2D eigenvalue weighted by Gasteiger charge is -2.08. The monoisotopic (exact) mass is 337 g/mol. The number of nitrogens with one attached hydrogen (secondary N) is 1. The zero-order valence-electron chi connectivity index (χ0n) is 13.2. The molecule has 0 bridgehead atoms. The number of rotatable bonds is 6. The molecule has 0 saturated heterocycles. The molecule has 0 amide bonds. The predicted octanol–water partition coefficient (Wildman–Crippen LogP) is 3.97. The van der Waals surface area contributed by atoms with Gasteiger partial charge < -0.3 is 0 Å². The van der Waals surface area contributed by atoms with E-state index in [1.807, 2.05) is 72.8 Å². The summed E-state index contributed by atoms with van der Waals surface area (Å²) in [7, 11) is -3.35. The Morgan fingerprint density at radius 2 is 1.17 bits per heavy atom. The lowest BCUT2D eigenvalue weighted by Crippen LogP contribution is -2.24. The molecule has 0 aliphatic rings. The molecule has 0 aromatic heterocycles. The first-order chi connectivity index (χ1) is 11.6. The summed E-state index contributed by atoms with van der Waals surface area (Å²) in [5.74, 6) is -0.00403. The quantitative estimate of drug-likeness (QED) is 0.740. The topological polar surface area (TPSA) is 46.2 Å². The molecule has 122 valence electrons. The van der Waals surface area contributed by atoms with E-state index in [2.05, 4.69) is 16.9 Å². The minimum atomic E-state index is -3.35. The van der Waals surface area contributed by atoms with E-state index in [4.69, 9.17) is 0 Å². The molecule has 3 rings (SSSR count). The van der Waals surface area contributed by atoms with Gasteiger partial charge in [0.2, 0.25) is 10.0 Å². The molecule has 0 saturated carbocycles. The van der Waals surface area contributed by atoms with Crippen LogP contribution in [0.2, 0.25) is 0 Å². The summed E-state index contributed by atoms with van der Waals surface area (Å²) in [6.45, 7) is 0.296. The van der Waals surface area contributed by atoms with E-state index in [-0.39, 0.29) is 5.75 Å². The summed E-state index contributed by atoms with van der Waals surface area (Å²) in [5.41, 5.74) is 3.98. The molecule has 3 aromatic rings. The second kappa shape index (κ2) is 7.43. The largest absolute Gasteiger partial charge is 0.216 e. The van der Waals surface area contributed by atoms with E-state index in [9.17, 15) is 8.42 Å². The average Bonchev–Trinajstić information content (AvgIpc) is 2.62. The third-order valence-electron chi connectivity index (χ3n) is 3.76. The van der Waals surface area contributed by atoms with Gasteiger partial charge in [-0.05, 0) is 22.3 Å². The number of sulfonamides is 1. The van der Waals surface area contributed by atoms with E-state index in [1.54, 1.807) is 0 Å². The maximum absolute atomic E-state index is 12.2. The van der Waals surface area contributed by atoms with Crippen LogP contribution in [0.4, 0.5) is 0 Å². The normalized spacial score (nSPS) is 11.3. The van der Waals surface area contributed by atoms with Crippen LogP contribution < -0.4 is 4.72 Å². The fraction of sp³-hybridized carbons (Fsp3) is 0.100. The first-order valence-corrected chi connectivity index (χ1v) is 9.43. The Morgan fingerprint density at radius 1 is 0.625 bits per heavy atom. The third-order valence-corrected chi connectivity index (χ3v) is 5.05. The minimum absolute atomic E-state index is 0.00403. The van der Waals surface area contributed by atoms with Gasteiger partial charge in [-0.3, -0.25) is 0 Å². The molecule has 3 nitrogen and oxygen atoms in total. The van der Waals surface area contributed by atoms with Crippen LogP contribution in [-0.2, 0) is 22.3 Å². The van der Waals surface area contributed by atoms with Crippen LogP contribution >= 0.6 is 0 Å². The van der Waals surface area contributed by atoms with Crippen molar-refractivity contribution in [3.05, 3.63) is 96.1 Å². The number of hydrogen-bond donors (Lipinski definition) is 1. The van der Waals surface area contributed by atoms with Crippen molar-refractivity contribution in [2.24, 2.45) is 0 Å². The molecule has 0 atom stereocenters. The van der Waals surface area contributed by atoms with E-state index in [0.29, 0.717) is 6.54 Å². The van der Waals surface area contributed by atoms with E-state index in [1.165, 1.54) is 0 Å². The minimum Gasteiger partial charge on any atom is -0.212 e. The Morgan fingerprint density at radius 3 is 1.79 bits per heavy atom. The van der Waals surface area contributed by atoms with Gasteiger partial charge in [-0.15, -0.1) is 0 Å². The SMILES string of the molecule is O=S(=O)(Cc1ccccc1)NCc1ccc(-c2ccccc2)cc1. The van der Waals surface area contributed by atoms with Crippen molar-refractivity contribution < 1.29 is 8.42 Å². The van der Waals surface area contributed by atoms with E-state index < -0.39 is 10.0 Å². The number of benzene rings is 3. The molecule has 1 N–H and O–H groups in total. The average molecular weight is 337 g/mol. The second-order valence-electron chi connectivity index (χ2n) is 5.63. The number of hydrogen-bond acceptors (Lipinski definition) is 2.